The van der Waals surface area contributed by atoms with E-state index in [4.69, 9.17) is 0 Å². The largest absolute Gasteiger partial charge is 0.382 e. The van der Waals surface area contributed by atoms with Crippen LogP contribution in [-0.4, -0.2) is 25.2 Å². The van der Waals surface area contributed by atoms with E-state index in [9.17, 15) is 4.79 Å². The third kappa shape index (κ3) is 3.49. The van der Waals surface area contributed by atoms with Gasteiger partial charge in [0.05, 0.1) is 0 Å². The highest BCUT2D eigenvalue weighted by molar-refractivity contribution is 5.94. The van der Waals surface area contributed by atoms with E-state index in [1.807, 2.05) is 12.1 Å². The first-order valence-corrected chi connectivity index (χ1v) is 8.14. The molecule has 0 spiro atoms. The van der Waals surface area contributed by atoms with Crippen molar-refractivity contribution in [2.75, 3.05) is 23.3 Å². The van der Waals surface area contributed by atoms with Crippen LogP contribution in [0, 0.1) is 5.92 Å². The van der Waals surface area contributed by atoms with Gasteiger partial charge in [0.1, 0.15) is 0 Å². The summed E-state index contributed by atoms with van der Waals surface area (Å²) >= 11 is 0. The first-order chi connectivity index (χ1) is 10.2. The molecule has 1 aromatic rings. The minimum absolute atomic E-state index is 0.00784. The van der Waals surface area contributed by atoms with Gasteiger partial charge in [-0.1, -0.05) is 19.8 Å². The van der Waals surface area contributed by atoms with Crippen LogP contribution < -0.4 is 15.5 Å². The summed E-state index contributed by atoms with van der Waals surface area (Å²) in [5.74, 6) is 0.868. The maximum absolute atomic E-state index is 11.6. The lowest BCUT2D eigenvalue weighted by Gasteiger charge is -2.19. The first-order valence-electron chi connectivity index (χ1n) is 8.14. The van der Waals surface area contributed by atoms with E-state index in [2.05, 4.69) is 29.7 Å². The second-order valence-electron chi connectivity index (χ2n) is 6.39. The molecule has 0 radical (unpaired) electrons. The van der Waals surface area contributed by atoms with Crippen molar-refractivity contribution in [1.82, 2.24) is 5.32 Å². The predicted molar refractivity (Wildman–Crippen MR) is 86.8 cm³/mol. The van der Waals surface area contributed by atoms with Gasteiger partial charge in [0, 0.05) is 30.5 Å². The molecule has 1 aliphatic heterocycles. The third-order valence-electron chi connectivity index (χ3n) is 4.66. The van der Waals surface area contributed by atoms with Crippen LogP contribution in [0.4, 0.5) is 16.2 Å². The molecule has 2 unspecified atom stereocenters. The summed E-state index contributed by atoms with van der Waals surface area (Å²) in [5, 5.41) is 6.48. The lowest BCUT2D eigenvalue weighted by molar-refractivity contribution is 0.252. The standard InChI is InChI=1S/C17H25N3O/c1-13-3-2-4-14(6-5-13)19-15-7-9-16(10-8-15)20-12-11-18-17(20)21/h7-10,13-14,19H,2-6,11-12H2,1H3,(H,18,21). The molecule has 1 saturated carbocycles. The van der Waals surface area contributed by atoms with Crippen LogP contribution in [0.5, 0.6) is 0 Å². The van der Waals surface area contributed by atoms with E-state index >= 15 is 0 Å². The number of urea groups is 1. The van der Waals surface area contributed by atoms with Gasteiger partial charge >= 0.3 is 6.03 Å². The van der Waals surface area contributed by atoms with Crippen molar-refractivity contribution < 1.29 is 4.79 Å². The predicted octanol–water partition coefficient (Wildman–Crippen LogP) is 3.60. The zero-order chi connectivity index (χ0) is 14.7. The lowest BCUT2D eigenvalue weighted by Crippen LogP contribution is -2.27. The number of hydrogen-bond donors (Lipinski definition) is 2. The summed E-state index contributed by atoms with van der Waals surface area (Å²) < 4.78 is 0. The van der Waals surface area contributed by atoms with Crippen molar-refractivity contribution in [2.24, 2.45) is 5.92 Å². The van der Waals surface area contributed by atoms with Crippen molar-refractivity contribution in [1.29, 1.82) is 0 Å². The molecule has 4 heteroatoms. The fourth-order valence-corrected chi connectivity index (χ4v) is 3.32. The van der Waals surface area contributed by atoms with Crippen molar-refractivity contribution in [3.05, 3.63) is 24.3 Å². The third-order valence-corrected chi connectivity index (χ3v) is 4.66. The van der Waals surface area contributed by atoms with Gasteiger partial charge in [0.2, 0.25) is 0 Å². The number of amides is 2. The van der Waals surface area contributed by atoms with E-state index in [1.54, 1.807) is 4.90 Å². The fraction of sp³-hybridized carbons (Fsp3) is 0.588. The van der Waals surface area contributed by atoms with Gasteiger partial charge in [0.25, 0.3) is 0 Å². The number of rotatable bonds is 3. The number of carbonyl (C=O) groups is 1. The minimum atomic E-state index is 0.00784. The highest BCUT2D eigenvalue weighted by Gasteiger charge is 2.21. The molecule has 2 fully saturated rings. The van der Waals surface area contributed by atoms with E-state index in [0.717, 1.165) is 30.4 Å². The molecule has 2 aliphatic rings. The number of carbonyl (C=O) groups excluding carboxylic acids is 1. The van der Waals surface area contributed by atoms with Crippen LogP contribution >= 0.6 is 0 Å². The monoisotopic (exact) mass is 287 g/mol. The Morgan fingerprint density at radius 3 is 2.67 bits per heavy atom. The van der Waals surface area contributed by atoms with Crippen molar-refractivity contribution in [3.8, 4) is 0 Å². The molecule has 1 heterocycles. The van der Waals surface area contributed by atoms with Gasteiger partial charge in [-0.15, -0.1) is 0 Å². The average molecular weight is 287 g/mol. The molecular weight excluding hydrogens is 262 g/mol. The summed E-state index contributed by atoms with van der Waals surface area (Å²) in [6.07, 6.45) is 6.54. The van der Waals surface area contributed by atoms with E-state index in [1.165, 1.54) is 32.1 Å². The van der Waals surface area contributed by atoms with Crippen LogP contribution in [0.25, 0.3) is 0 Å². The fourth-order valence-electron chi connectivity index (χ4n) is 3.32. The van der Waals surface area contributed by atoms with E-state index in [-0.39, 0.29) is 6.03 Å². The Bertz CT molecular complexity index is 485. The molecule has 2 N–H and O–H groups in total. The Balaban J connectivity index is 1.60. The Kier molecular flexibility index (Phi) is 4.32. The topological polar surface area (TPSA) is 44.4 Å². The quantitative estimate of drug-likeness (QED) is 0.834. The molecule has 1 aliphatic carbocycles. The number of hydrogen-bond acceptors (Lipinski definition) is 2. The summed E-state index contributed by atoms with van der Waals surface area (Å²) in [5.41, 5.74) is 2.14. The van der Waals surface area contributed by atoms with Crippen LogP contribution in [0.2, 0.25) is 0 Å². The van der Waals surface area contributed by atoms with Crippen molar-refractivity contribution in [3.63, 3.8) is 0 Å². The average Bonchev–Trinajstić information content (AvgIpc) is 2.81. The number of anilines is 2. The normalized spacial score (nSPS) is 26.3. The Labute approximate surface area is 126 Å². The van der Waals surface area contributed by atoms with Crippen molar-refractivity contribution >= 4 is 17.4 Å². The molecule has 1 saturated heterocycles. The molecule has 0 bridgehead atoms. The molecule has 21 heavy (non-hydrogen) atoms. The van der Waals surface area contributed by atoms with Gasteiger partial charge in [-0.3, -0.25) is 4.90 Å². The van der Waals surface area contributed by atoms with E-state index < -0.39 is 0 Å². The van der Waals surface area contributed by atoms with Gasteiger partial charge in [-0.25, -0.2) is 4.79 Å². The molecule has 2 amide bonds. The first kappa shape index (κ1) is 14.2. The summed E-state index contributed by atoms with van der Waals surface area (Å²) in [6, 6.07) is 8.85. The maximum atomic E-state index is 11.6. The highest BCUT2D eigenvalue weighted by Crippen LogP contribution is 2.26. The van der Waals surface area contributed by atoms with Gasteiger partial charge in [-0.2, -0.15) is 0 Å². The molecule has 0 aromatic heterocycles. The maximum Gasteiger partial charge on any atom is 0.321 e. The van der Waals surface area contributed by atoms with E-state index in [0.29, 0.717) is 6.04 Å². The molecule has 3 rings (SSSR count). The van der Waals surface area contributed by atoms with Crippen LogP contribution in [0.3, 0.4) is 0 Å². The molecule has 4 nitrogen and oxygen atoms in total. The zero-order valence-electron chi connectivity index (χ0n) is 12.8. The molecule has 1 aromatic carbocycles. The lowest BCUT2D eigenvalue weighted by atomic mass is 10.0. The minimum Gasteiger partial charge on any atom is -0.382 e. The Morgan fingerprint density at radius 2 is 1.95 bits per heavy atom. The summed E-state index contributed by atoms with van der Waals surface area (Å²) in [4.78, 5) is 13.4. The molecule has 114 valence electrons. The van der Waals surface area contributed by atoms with Crippen LogP contribution in [0.1, 0.15) is 39.0 Å². The highest BCUT2D eigenvalue weighted by atomic mass is 16.2. The Hall–Kier alpha value is -1.71. The van der Waals surface area contributed by atoms with Gasteiger partial charge < -0.3 is 10.6 Å². The smallest absolute Gasteiger partial charge is 0.321 e. The second-order valence-corrected chi connectivity index (χ2v) is 6.39. The number of nitrogens with zero attached hydrogens (tertiary/aromatic N) is 1. The Morgan fingerprint density at radius 1 is 1.14 bits per heavy atom. The number of nitrogens with one attached hydrogen (secondary N) is 2. The molecular formula is C17H25N3O. The van der Waals surface area contributed by atoms with Crippen LogP contribution in [0.15, 0.2) is 24.3 Å². The van der Waals surface area contributed by atoms with Gasteiger partial charge in [0.15, 0.2) is 0 Å². The molecule has 2 atom stereocenters. The zero-order valence-corrected chi connectivity index (χ0v) is 12.8. The summed E-state index contributed by atoms with van der Waals surface area (Å²) in [7, 11) is 0. The summed E-state index contributed by atoms with van der Waals surface area (Å²) in [6.45, 7) is 3.85. The SMILES string of the molecule is CC1CCCC(Nc2ccc(N3CCNC3=O)cc2)CC1. The van der Waals surface area contributed by atoms with Crippen molar-refractivity contribution in [2.45, 2.75) is 45.1 Å². The van der Waals surface area contributed by atoms with Gasteiger partial charge in [-0.05, 0) is 49.4 Å². The number of benzene rings is 1. The van der Waals surface area contributed by atoms with Crippen LogP contribution in [-0.2, 0) is 0 Å². The second kappa shape index (κ2) is 6.37.